The highest BCUT2D eigenvalue weighted by atomic mass is 16.6. The molecule has 0 radical (unpaired) electrons. The molecule has 6 heteroatoms. The van der Waals surface area contributed by atoms with Crippen molar-refractivity contribution in [3.8, 4) is 0 Å². The number of esters is 2. The molecular weight excluding hydrogens is 228 g/mol. The molecular formula is C11H20O6. The van der Waals surface area contributed by atoms with Gasteiger partial charge >= 0.3 is 11.9 Å². The SMILES string of the molecule is CCOC(=O)COCCCOCCOC(C)=O. The number of hydrogen-bond donors (Lipinski definition) is 0. The number of rotatable bonds is 10. The molecule has 100 valence electrons. The van der Waals surface area contributed by atoms with Crippen molar-refractivity contribution in [2.75, 3.05) is 39.6 Å². The largest absolute Gasteiger partial charge is 0.464 e. The molecule has 0 aromatic carbocycles. The molecule has 0 bridgehead atoms. The quantitative estimate of drug-likeness (QED) is 0.415. The van der Waals surface area contributed by atoms with Crippen LogP contribution in [0.15, 0.2) is 0 Å². The number of ether oxygens (including phenoxy) is 4. The standard InChI is InChI=1S/C11H20O6/c1-3-16-11(13)9-15-6-4-5-14-7-8-17-10(2)12/h3-9H2,1-2H3. The molecule has 0 rings (SSSR count). The smallest absolute Gasteiger partial charge is 0.332 e. The zero-order valence-corrected chi connectivity index (χ0v) is 10.4. The summed E-state index contributed by atoms with van der Waals surface area (Å²) in [7, 11) is 0. The van der Waals surface area contributed by atoms with Crippen molar-refractivity contribution < 1.29 is 28.5 Å². The van der Waals surface area contributed by atoms with Gasteiger partial charge in [0.1, 0.15) is 13.2 Å². The van der Waals surface area contributed by atoms with Crippen LogP contribution in [-0.2, 0) is 28.5 Å². The summed E-state index contributed by atoms with van der Waals surface area (Å²) >= 11 is 0. The van der Waals surface area contributed by atoms with E-state index in [0.717, 1.165) is 0 Å². The number of carbonyl (C=O) groups excluding carboxylic acids is 2. The third-order valence-electron chi connectivity index (χ3n) is 1.64. The second-order valence-electron chi connectivity index (χ2n) is 3.16. The lowest BCUT2D eigenvalue weighted by atomic mass is 10.5. The summed E-state index contributed by atoms with van der Waals surface area (Å²) in [6.07, 6.45) is 0.680. The molecule has 17 heavy (non-hydrogen) atoms. The fourth-order valence-corrected chi connectivity index (χ4v) is 0.968. The lowest BCUT2D eigenvalue weighted by Gasteiger charge is -2.05. The van der Waals surface area contributed by atoms with E-state index in [1.54, 1.807) is 6.92 Å². The monoisotopic (exact) mass is 248 g/mol. The zero-order chi connectivity index (χ0) is 12.9. The molecule has 0 spiro atoms. The van der Waals surface area contributed by atoms with E-state index in [1.807, 2.05) is 0 Å². The van der Waals surface area contributed by atoms with Crippen LogP contribution >= 0.6 is 0 Å². The minimum atomic E-state index is -0.358. The molecule has 0 aromatic heterocycles. The lowest BCUT2D eigenvalue weighted by molar-refractivity contribution is -0.148. The fraction of sp³-hybridized carbons (Fsp3) is 0.818. The maximum Gasteiger partial charge on any atom is 0.332 e. The van der Waals surface area contributed by atoms with Crippen LogP contribution in [0.4, 0.5) is 0 Å². The third-order valence-corrected chi connectivity index (χ3v) is 1.64. The van der Waals surface area contributed by atoms with Crippen LogP contribution in [0.1, 0.15) is 20.3 Å². The fourth-order valence-electron chi connectivity index (χ4n) is 0.968. The van der Waals surface area contributed by atoms with E-state index in [4.69, 9.17) is 9.47 Å². The summed E-state index contributed by atoms with van der Waals surface area (Å²) in [6, 6.07) is 0. The van der Waals surface area contributed by atoms with Gasteiger partial charge in [-0.1, -0.05) is 0 Å². The van der Waals surface area contributed by atoms with Gasteiger partial charge in [0.05, 0.1) is 13.2 Å². The predicted octanol–water partition coefficient (Wildman–Crippen LogP) is 0.536. The summed E-state index contributed by atoms with van der Waals surface area (Å²) in [4.78, 5) is 21.2. The Morgan fingerprint density at radius 2 is 1.65 bits per heavy atom. The van der Waals surface area contributed by atoms with Gasteiger partial charge in [0, 0.05) is 20.1 Å². The van der Waals surface area contributed by atoms with Crippen LogP contribution in [0.5, 0.6) is 0 Å². The molecule has 0 unspecified atom stereocenters. The van der Waals surface area contributed by atoms with Crippen LogP contribution < -0.4 is 0 Å². The molecule has 6 nitrogen and oxygen atoms in total. The summed E-state index contributed by atoms with van der Waals surface area (Å²) in [6.45, 7) is 5.01. The summed E-state index contributed by atoms with van der Waals surface area (Å²) < 4.78 is 19.6. The molecule has 0 aliphatic carbocycles. The second kappa shape index (κ2) is 11.3. The van der Waals surface area contributed by atoms with Crippen LogP contribution in [0, 0.1) is 0 Å². The predicted molar refractivity (Wildman–Crippen MR) is 59.5 cm³/mol. The number of carbonyl (C=O) groups is 2. The molecule has 0 N–H and O–H groups in total. The molecule has 0 saturated heterocycles. The first-order valence-electron chi connectivity index (χ1n) is 5.61. The lowest BCUT2D eigenvalue weighted by Crippen LogP contribution is -2.14. The van der Waals surface area contributed by atoms with Crippen molar-refractivity contribution in [1.82, 2.24) is 0 Å². The Morgan fingerprint density at radius 1 is 0.941 bits per heavy atom. The molecule has 0 atom stereocenters. The second-order valence-corrected chi connectivity index (χ2v) is 3.16. The van der Waals surface area contributed by atoms with E-state index in [-0.39, 0.29) is 25.2 Å². The van der Waals surface area contributed by atoms with Gasteiger partial charge in [-0.15, -0.1) is 0 Å². The average Bonchev–Trinajstić information content (AvgIpc) is 2.27. The molecule has 0 fully saturated rings. The van der Waals surface area contributed by atoms with Gasteiger partial charge in [-0.05, 0) is 13.3 Å². The van der Waals surface area contributed by atoms with Crippen LogP contribution in [-0.4, -0.2) is 51.6 Å². The van der Waals surface area contributed by atoms with E-state index in [2.05, 4.69) is 9.47 Å². The van der Waals surface area contributed by atoms with Crippen molar-refractivity contribution in [3.63, 3.8) is 0 Å². The first kappa shape index (κ1) is 15.9. The summed E-state index contributed by atoms with van der Waals surface area (Å²) in [5, 5.41) is 0. The molecule has 0 aliphatic heterocycles. The van der Waals surface area contributed by atoms with Crippen molar-refractivity contribution in [3.05, 3.63) is 0 Å². The summed E-state index contributed by atoms with van der Waals surface area (Å²) in [5.41, 5.74) is 0. The molecule has 0 saturated carbocycles. The van der Waals surface area contributed by atoms with Crippen molar-refractivity contribution in [2.45, 2.75) is 20.3 Å². The van der Waals surface area contributed by atoms with Crippen LogP contribution in [0.3, 0.4) is 0 Å². The van der Waals surface area contributed by atoms with E-state index < -0.39 is 0 Å². The van der Waals surface area contributed by atoms with E-state index in [1.165, 1.54) is 6.92 Å². The highest BCUT2D eigenvalue weighted by Crippen LogP contribution is 1.88. The molecule has 0 amide bonds. The Labute approximate surface area is 101 Å². The Bertz CT molecular complexity index is 216. The normalized spacial score (nSPS) is 10.0. The maximum atomic E-state index is 10.9. The van der Waals surface area contributed by atoms with Gasteiger partial charge < -0.3 is 18.9 Å². The van der Waals surface area contributed by atoms with Gasteiger partial charge in [-0.3, -0.25) is 4.79 Å². The Hall–Kier alpha value is -1.14. The Balaban J connectivity index is 3.08. The topological polar surface area (TPSA) is 71.1 Å². The first-order valence-corrected chi connectivity index (χ1v) is 5.61. The van der Waals surface area contributed by atoms with Gasteiger partial charge in [0.2, 0.25) is 0 Å². The molecule has 0 heterocycles. The zero-order valence-electron chi connectivity index (χ0n) is 10.4. The third kappa shape index (κ3) is 12.8. The van der Waals surface area contributed by atoms with E-state index in [0.29, 0.717) is 32.8 Å². The number of hydrogen-bond acceptors (Lipinski definition) is 6. The van der Waals surface area contributed by atoms with Crippen molar-refractivity contribution >= 4 is 11.9 Å². The highest BCUT2D eigenvalue weighted by Gasteiger charge is 2.00. The van der Waals surface area contributed by atoms with E-state index in [9.17, 15) is 9.59 Å². The maximum absolute atomic E-state index is 10.9. The van der Waals surface area contributed by atoms with Gasteiger partial charge in [-0.25, -0.2) is 4.79 Å². The van der Waals surface area contributed by atoms with Crippen molar-refractivity contribution in [1.29, 1.82) is 0 Å². The highest BCUT2D eigenvalue weighted by molar-refractivity contribution is 5.70. The van der Waals surface area contributed by atoms with Crippen molar-refractivity contribution in [2.24, 2.45) is 0 Å². The minimum Gasteiger partial charge on any atom is -0.464 e. The average molecular weight is 248 g/mol. The molecule has 0 aromatic rings. The minimum absolute atomic E-state index is 0.0265. The Morgan fingerprint density at radius 3 is 2.29 bits per heavy atom. The van der Waals surface area contributed by atoms with E-state index >= 15 is 0 Å². The Kier molecular flexibility index (Phi) is 10.6. The van der Waals surface area contributed by atoms with Gasteiger partial charge in [0.25, 0.3) is 0 Å². The van der Waals surface area contributed by atoms with Crippen LogP contribution in [0.25, 0.3) is 0 Å². The summed E-state index contributed by atoms with van der Waals surface area (Å²) in [5.74, 6) is -0.672. The van der Waals surface area contributed by atoms with Gasteiger partial charge in [0.15, 0.2) is 0 Å². The molecule has 0 aliphatic rings. The first-order chi connectivity index (χ1) is 8.16. The van der Waals surface area contributed by atoms with Gasteiger partial charge in [-0.2, -0.15) is 0 Å². The van der Waals surface area contributed by atoms with Crippen LogP contribution in [0.2, 0.25) is 0 Å².